The van der Waals surface area contributed by atoms with Crippen LogP contribution in [0.4, 0.5) is 11.4 Å². The van der Waals surface area contributed by atoms with Crippen LogP contribution in [0, 0.1) is 20.8 Å². The average molecular weight is 311 g/mol. The molecule has 0 radical (unpaired) electrons. The van der Waals surface area contributed by atoms with Crippen LogP contribution in [0.2, 0.25) is 0 Å². The van der Waals surface area contributed by atoms with E-state index >= 15 is 0 Å². The highest BCUT2D eigenvalue weighted by Crippen LogP contribution is 2.21. The van der Waals surface area contributed by atoms with E-state index in [2.05, 4.69) is 22.8 Å². The molecule has 2 amide bonds. The Morgan fingerprint density at radius 3 is 2.26 bits per heavy atom. The van der Waals surface area contributed by atoms with E-state index in [1.54, 1.807) is 24.3 Å². The minimum absolute atomic E-state index is 0.109. The van der Waals surface area contributed by atoms with Gasteiger partial charge in [0.25, 0.3) is 5.91 Å². The SMILES string of the molecule is Cc1cc(C)c(NCC(=O)Nc2ccccc2C(N)=O)c(C)c1. The second kappa shape index (κ2) is 6.96. The Bertz CT molecular complexity index is 731. The quantitative estimate of drug-likeness (QED) is 0.794. The molecular formula is C18H21N3O2. The molecule has 0 aliphatic heterocycles. The summed E-state index contributed by atoms with van der Waals surface area (Å²) in [5, 5.41) is 5.86. The maximum Gasteiger partial charge on any atom is 0.250 e. The molecule has 0 fully saturated rings. The molecule has 2 rings (SSSR count). The molecule has 0 aliphatic rings. The fourth-order valence-corrected chi connectivity index (χ4v) is 2.63. The van der Waals surface area contributed by atoms with Gasteiger partial charge in [0, 0.05) is 5.69 Å². The van der Waals surface area contributed by atoms with Gasteiger partial charge in [-0.2, -0.15) is 0 Å². The number of carbonyl (C=O) groups is 2. The Balaban J connectivity index is 2.06. The van der Waals surface area contributed by atoms with Gasteiger partial charge in [-0.05, 0) is 44.0 Å². The van der Waals surface area contributed by atoms with Crippen molar-refractivity contribution < 1.29 is 9.59 Å². The van der Waals surface area contributed by atoms with Crippen LogP contribution >= 0.6 is 0 Å². The highest BCUT2D eigenvalue weighted by atomic mass is 16.2. The molecule has 5 heteroatoms. The first kappa shape index (κ1) is 16.5. The zero-order chi connectivity index (χ0) is 17.0. The van der Waals surface area contributed by atoms with Gasteiger partial charge in [0.05, 0.1) is 17.8 Å². The van der Waals surface area contributed by atoms with Crippen LogP contribution in [0.1, 0.15) is 27.0 Å². The summed E-state index contributed by atoms with van der Waals surface area (Å²) in [6.07, 6.45) is 0. The Kier molecular flexibility index (Phi) is 5.01. The molecule has 2 aromatic carbocycles. The van der Waals surface area contributed by atoms with E-state index in [0.29, 0.717) is 11.3 Å². The molecule has 0 atom stereocenters. The van der Waals surface area contributed by atoms with Crippen LogP contribution in [0.25, 0.3) is 0 Å². The van der Waals surface area contributed by atoms with Crippen molar-refractivity contribution in [1.29, 1.82) is 0 Å². The predicted molar refractivity (Wildman–Crippen MR) is 92.7 cm³/mol. The van der Waals surface area contributed by atoms with Gasteiger partial charge in [0.15, 0.2) is 0 Å². The fourth-order valence-electron chi connectivity index (χ4n) is 2.63. The fraction of sp³-hybridized carbons (Fsp3) is 0.222. The lowest BCUT2D eigenvalue weighted by molar-refractivity contribution is -0.114. The van der Waals surface area contributed by atoms with Crippen LogP contribution in [0.5, 0.6) is 0 Å². The molecule has 0 saturated carbocycles. The van der Waals surface area contributed by atoms with E-state index in [1.807, 2.05) is 20.8 Å². The highest BCUT2D eigenvalue weighted by molar-refractivity contribution is 6.03. The molecule has 0 saturated heterocycles. The molecule has 120 valence electrons. The second-order valence-electron chi connectivity index (χ2n) is 5.59. The van der Waals surface area contributed by atoms with Crippen LogP contribution in [0.3, 0.4) is 0 Å². The third kappa shape index (κ3) is 4.10. The average Bonchev–Trinajstić information content (AvgIpc) is 2.46. The number of primary amides is 1. The third-order valence-electron chi connectivity index (χ3n) is 3.57. The molecule has 4 N–H and O–H groups in total. The summed E-state index contributed by atoms with van der Waals surface area (Å²) < 4.78 is 0. The molecule has 0 bridgehead atoms. The van der Waals surface area contributed by atoms with E-state index in [0.717, 1.165) is 16.8 Å². The van der Waals surface area contributed by atoms with Crippen LogP contribution in [-0.2, 0) is 4.79 Å². The van der Waals surface area contributed by atoms with E-state index < -0.39 is 5.91 Å². The molecule has 23 heavy (non-hydrogen) atoms. The van der Waals surface area contributed by atoms with Crippen molar-refractivity contribution in [3.8, 4) is 0 Å². The van der Waals surface area contributed by atoms with Crippen molar-refractivity contribution >= 4 is 23.2 Å². The van der Waals surface area contributed by atoms with Gasteiger partial charge < -0.3 is 16.4 Å². The Morgan fingerprint density at radius 1 is 1.04 bits per heavy atom. The number of anilines is 2. The number of amides is 2. The molecule has 0 spiro atoms. The van der Waals surface area contributed by atoms with Gasteiger partial charge in [0.2, 0.25) is 5.91 Å². The molecule has 0 aromatic heterocycles. The van der Waals surface area contributed by atoms with Crippen molar-refractivity contribution in [1.82, 2.24) is 0 Å². The Labute approximate surface area is 135 Å². The molecule has 2 aromatic rings. The van der Waals surface area contributed by atoms with Gasteiger partial charge in [-0.1, -0.05) is 29.8 Å². The van der Waals surface area contributed by atoms with Gasteiger partial charge in [-0.3, -0.25) is 9.59 Å². The number of hydrogen-bond acceptors (Lipinski definition) is 3. The highest BCUT2D eigenvalue weighted by Gasteiger charge is 2.11. The summed E-state index contributed by atoms with van der Waals surface area (Å²) >= 11 is 0. The van der Waals surface area contributed by atoms with Crippen molar-refractivity contribution in [2.24, 2.45) is 5.73 Å². The molecule has 0 heterocycles. The zero-order valence-electron chi connectivity index (χ0n) is 13.6. The summed E-state index contributed by atoms with van der Waals surface area (Å²) in [5.74, 6) is -0.808. The number of rotatable bonds is 5. The monoisotopic (exact) mass is 311 g/mol. The van der Waals surface area contributed by atoms with Gasteiger partial charge in [0.1, 0.15) is 0 Å². The second-order valence-corrected chi connectivity index (χ2v) is 5.59. The van der Waals surface area contributed by atoms with Crippen LogP contribution in [-0.4, -0.2) is 18.4 Å². The van der Waals surface area contributed by atoms with Gasteiger partial charge in [-0.15, -0.1) is 0 Å². The van der Waals surface area contributed by atoms with Crippen LogP contribution < -0.4 is 16.4 Å². The molecule has 0 aliphatic carbocycles. The number of benzene rings is 2. The number of hydrogen-bond donors (Lipinski definition) is 3. The first-order valence-corrected chi connectivity index (χ1v) is 7.39. The summed E-state index contributed by atoms with van der Waals surface area (Å²) in [7, 11) is 0. The zero-order valence-corrected chi connectivity index (χ0v) is 13.6. The first-order chi connectivity index (χ1) is 10.9. The topological polar surface area (TPSA) is 84.2 Å². The third-order valence-corrected chi connectivity index (χ3v) is 3.57. The standard InChI is InChI=1S/C18H21N3O2/c1-11-8-12(2)17(13(3)9-11)20-10-16(22)21-15-7-5-4-6-14(15)18(19)23/h4-9,20H,10H2,1-3H3,(H2,19,23)(H,21,22). The largest absolute Gasteiger partial charge is 0.376 e. The number of para-hydroxylation sites is 1. The van der Waals surface area contributed by atoms with Crippen LogP contribution in [0.15, 0.2) is 36.4 Å². The van der Waals surface area contributed by atoms with Crippen molar-refractivity contribution in [2.75, 3.05) is 17.2 Å². The number of aryl methyl sites for hydroxylation is 3. The Hall–Kier alpha value is -2.82. The van der Waals surface area contributed by atoms with Gasteiger partial charge in [-0.25, -0.2) is 0 Å². The lowest BCUT2D eigenvalue weighted by Crippen LogP contribution is -2.24. The van der Waals surface area contributed by atoms with E-state index in [4.69, 9.17) is 5.73 Å². The van der Waals surface area contributed by atoms with E-state index in [1.165, 1.54) is 5.56 Å². The lowest BCUT2D eigenvalue weighted by atomic mass is 10.1. The van der Waals surface area contributed by atoms with Crippen molar-refractivity contribution in [2.45, 2.75) is 20.8 Å². The molecule has 5 nitrogen and oxygen atoms in total. The Morgan fingerprint density at radius 2 is 1.65 bits per heavy atom. The maximum absolute atomic E-state index is 12.1. The summed E-state index contributed by atoms with van der Waals surface area (Å²) in [4.78, 5) is 23.5. The molecule has 0 unspecified atom stereocenters. The lowest BCUT2D eigenvalue weighted by Gasteiger charge is -2.14. The minimum atomic E-state index is -0.570. The summed E-state index contributed by atoms with van der Waals surface area (Å²) in [6, 6.07) is 10.8. The first-order valence-electron chi connectivity index (χ1n) is 7.39. The predicted octanol–water partition coefficient (Wildman–Crippen LogP) is 2.76. The summed E-state index contributed by atoms with van der Waals surface area (Å²) in [5.41, 5.74) is 10.3. The van der Waals surface area contributed by atoms with Gasteiger partial charge >= 0.3 is 0 Å². The summed E-state index contributed by atoms with van der Waals surface area (Å²) in [6.45, 7) is 6.15. The number of nitrogens with one attached hydrogen (secondary N) is 2. The van der Waals surface area contributed by atoms with Crippen molar-refractivity contribution in [3.05, 3.63) is 58.7 Å². The minimum Gasteiger partial charge on any atom is -0.376 e. The molecular weight excluding hydrogens is 290 g/mol. The van der Waals surface area contributed by atoms with E-state index in [-0.39, 0.29) is 12.5 Å². The number of nitrogens with two attached hydrogens (primary N) is 1. The van der Waals surface area contributed by atoms with Crippen molar-refractivity contribution in [3.63, 3.8) is 0 Å². The van der Waals surface area contributed by atoms with E-state index in [9.17, 15) is 9.59 Å². The number of carbonyl (C=O) groups excluding carboxylic acids is 2. The normalized spacial score (nSPS) is 10.2. The maximum atomic E-state index is 12.1. The smallest absolute Gasteiger partial charge is 0.250 e.